The Bertz CT molecular complexity index is 1480. The van der Waals surface area contributed by atoms with Crippen molar-refractivity contribution < 1.29 is 45.0 Å². The van der Waals surface area contributed by atoms with Crippen LogP contribution in [0.5, 0.6) is 0 Å². The van der Waals surface area contributed by atoms with Crippen LogP contribution in [0, 0.1) is 12.8 Å². The highest BCUT2D eigenvalue weighted by Crippen LogP contribution is 2.46. The summed E-state index contributed by atoms with van der Waals surface area (Å²) in [5, 5.41) is 16.0. The van der Waals surface area contributed by atoms with Crippen molar-refractivity contribution in [1.29, 1.82) is 0 Å². The summed E-state index contributed by atoms with van der Waals surface area (Å²) < 4.78 is 101. The summed E-state index contributed by atoms with van der Waals surface area (Å²) in [6.45, 7) is -0.130. The first-order valence-corrected chi connectivity index (χ1v) is 13.6. The van der Waals surface area contributed by atoms with Crippen LogP contribution in [0.3, 0.4) is 0 Å². The molecule has 0 saturated heterocycles. The fraction of sp³-hybridized carbons (Fsp3) is 0.615. The van der Waals surface area contributed by atoms with Crippen molar-refractivity contribution in [3.8, 4) is 0 Å². The molecule has 0 radical (unpaired) electrons. The molecule has 17 heteroatoms. The van der Waals surface area contributed by atoms with Crippen LogP contribution in [-0.4, -0.2) is 61.3 Å². The van der Waals surface area contributed by atoms with Gasteiger partial charge >= 0.3 is 6.18 Å². The normalized spacial score (nSPS) is 20.9. The number of fused-ring (bicyclic) bond motifs is 1. The molecule has 1 atom stereocenters. The topological polar surface area (TPSA) is 127 Å². The summed E-state index contributed by atoms with van der Waals surface area (Å²) >= 11 is 0. The number of imidazole rings is 1. The first-order chi connectivity index (χ1) is 20.1. The van der Waals surface area contributed by atoms with Crippen LogP contribution >= 0.6 is 0 Å². The second-order valence-corrected chi connectivity index (χ2v) is 11.3. The minimum Gasteiger partial charge on any atom is -0.346 e. The Hall–Kier alpha value is -3.79. The van der Waals surface area contributed by atoms with E-state index in [0.717, 1.165) is 0 Å². The zero-order valence-electron chi connectivity index (χ0n) is 22.9. The number of rotatable bonds is 7. The van der Waals surface area contributed by atoms with Gasteiger partial charge in [0.05, 0.1) is 29.5 Å². The molecule has 3 aromatic rings. The Morgan fingerprint density at radius 1 is 1.05 bits per heavy atom. The van der Waals surface area contributed by atoms with Crippen LogP contribution in [0.25, 0.3) is 5.65 Å². The number of carbonyl (C=O) groups excluding carboxylic acids is 2. The van der Waals surface area contributed by atoms with Gasteiger partial charge in [0.25, 0.3) is 5.91 Å². The fourth-order valence-electron chi connectivity index (χ4n) is 5.82. The lowest BCUT2D eigenvalue weighted by molar-refractivity contribution is -0.145. The van der Waals surface area contributed by atoms with E-state index in [1.165, 1.54) is 29.9 Å². The van der Waals surface area contributed by atoms with Crippen LogP contribution in [0.1, 0.15) is 84.8 Å². The maximum Gasteiger partial charge on any atom is 0.405 e. The van der Waals surface area contributed by atoms with Crippen molar-refractivity contribution in [2.45, 2.75) is 87.8 Å². The van der Waals surface area contributed by atoms with Crippen LogP contribution < -0.4 is 10.6 Å². The molecule has 2 N–H and O–H groups in total. The second kappa shape index (κ2) is 11.0. The van der Waals surface area contributed by atoms with Gasteiger partial charge in [0.15, 0.2) is 11.3 Å². The smallest absolute Gasteiger partial charge is 0.346 e. The van der Waals surface area contributed by atoms with Gasteiger partial charge in [-0.2, -0.15) is 18.3 Å². The Balaban J connectivity index is 1.49. The fourth-order valence-corrected chi connectivity index (χ4v) is 5.82. The Labute approximate surface area is 239 Å². The summed E-state index contributed by atoms with van der Waals surface area (Å²) in [4.78, 5) is 30.6. The van der Waals surface area contributed by atoms with Crippen LogP contribution in [0.4, 0.5) is 30.7 Å². The predicted molar refractivity (Wildman–Crippen MR) is 133 cm³/mol. The van der Waals surface area contributed by atoms with Crippen molar-refractivity contribution in [1.82, 2.24) is 35.5 Å². The summed E-state index contributed by atoms with van der Waals surface area (Å²) in [6.07, 6.45) is -4.97. The van der Waals surface area contributed by atoms with Gasteiger partial charge in [-0.3, -0.25) is 9.59 Å². The molecule has 0 aromatic carbocycles. The number of aryl methyl sites for hydroxylation is 1. The average Bonchev–Trinajstić information content (AvgIpc) is 3.56. The lowest BCUT2D eigenvalue weighted by Crippen LogP contribution is -2.50. The Morgan fingerprint density at radius 2 is 1.70 bits per heavy atom. The molecule has 2 fully saturated rings. The summed E-state index contributed by atoms with van der Waals surface area (Å²) in [5.41, 5.74) is -1.14. The van der Waals surface area contributed by atoms with Crippen molar-refractivity contribution in [3.63, 3.8) is 0 Å². The van der Waals surface area contributed by atoms with Gasteiger partial charge in [0.1, 0.15) is 12.2 Å². The van der Waals surface area contributed by atoms with E-state index >= 15 is 0 Å². The lowest BCUT2D eigenvalue weighted by Gasteiger charge is -2.39. The number of aromatic nitrogens is 5. The van der Waals surface area contributed by atoms with E-state index in [9.17, 15) is 40.3 Å². The highest BCUT2D eigenvalue weighted by atomic mass is 19.4. The van der Waals surface area contributed by atoms with E-state index in [1.807, 2.05) is 5.32 Å². The molecule has 5 rings (SSSR count). The monoisotopic (exact) mass is 619 g/mol. The molecule has 0 spiro atoms. The van der Waals surface area contributed by atoms with E-state index < -0.39 is 92.3 Å². The minimum atomic E-state index is -4.71. The third-order valence-corrected chi connectivity index (χ3v) is 8.32. The van der Waals surface area contributed by atoms with Gasteiger partial charge in [0, 0.05) is 25.7 Å². The van der Waals surface area contributed by atoms with Gasteiger partial charge in [-0.25, -0.2) is 31.7 Å². The molecule has 0 unspecified atom stereocenters. The van der Waals surface area contributed by atoms with E-state index in [1.54, 1.807) is 0 Å². The summed E-state index contributed by atoms with van der Waals surface area (Å²) in [7, 11) is 0. The lowest BCUT2D eigenvalue weighted by atomic mass is 9.68. The first kappa shape index (κ1) is 30.7. The van der Waals surface area contributed by atoms with Gasteiger partial charge in [-0.15, -0.1) is 0 Å². The number of carbonyl (C=O) groups is 2. The van der Waals surface area contributed by atoms with Crippen molar-refractivity contribution >= 4 is 17.5 Å². The number of halogens is 7. The highest BCUT2D eigenvalue weighted by Gasteiger charge is 2.50. The average molecular weight is 620 g/mol. The van der Waals surface area contributed by atoms with E-state index in [2.05, 4.69) is 30.3 Å². The largest absolute Gasteiger partial charge is 0.405 e. The highest BCUT2D eigenvalue weighted by molar-refractivity contribution is 5.93. The molecule has 0 aliphatic heterocycles. The SMILES string of the molecule is Cc1nonc1C(=O)N[C@H](c1cn2ncc(C3(C(=O)NCC(F)(F)F)CCC(F)(F)CC3)cc2n1)C1CCC(F)(F)CC1. The van der Waals surface area contributed by atoms with Gasteiger partial charge in [-0.05, 0) is 55.3 Å². The molecule has 10 nitrogen and oxygen atoms in total. The number of alkyl halides is 7. The summed E-state index contributed by atoms with van der Waals surface area (Å²) in [5.74, 6) is -8.09. The van der Waals surface area contributed by atoms with Gasteiger partial charge < -0.3 is 10.6 Å². The number of nitrogens with zero attached hydrogens (tertiary/aromatic N) is 5. The molecule has 43 heavy (non-hydrogen) atoms. The van der Waals surface area contributed by atoms with Crippen LogP contribution in [-0.2, 0) is 10.2 Å². The maximum absolute atomic E-state index is 14.1. The third-order valence-electron chi connectivity index (χ3n) is 8.32. The first-order valence-electron chi connectivity index (χ1n) is 13.6. The number of amides is 2. The Morgan fingerprint density at radius 3 is 2.30 bits per heavy atom. The predicted octanol–water partition coefficient (Wildman–Crippen LogP) is 4.84. The Kier molecular flexibility index (Phi) is 7.88. The molecule has 2 amide bonds. The van der Waals surface area contributed by atoms with Crippen molar-refractivity contribution in [2.75, 3.05) is 6.54 Å². The minimum absolute atomic E-state index is 0.0667. The molecule has 2 saturated carbocycles. The molecule has 0 bridgehead atoms. The number of hydrogen-bond donors (Lipinski definition) is 2. The summed E-state index contributed by atoms with van der Waals surface area (Å²) in [6, 6.07) is 0.509. The zero-order chi connectivity index (χ0) is 31.2. The maximum atomic E-state index is 14.1. The molecule has 2 aliphatic rings. The van der Waals surface area contributed by atoms with Crippen molar-refractivity contribution in [3.05, 3.63) is 41.1 Å². The molecule has 3 aromatic heterocycles. The van der Waals surface area contributed by atoms with Crippen molar-refractivity contribution in [2.24, 2.45) is 5.92 Å². The number of nitrogens with one attached hydrogen (secondary N) is 2. The molecule has 234 valence electrons. The van der Waals surface area contributed by atoms with Gasteiger partial charge in [0.2, 0.25) is 17.8 Å². The molecular formula is C26H28F7N7O3. The zero-order valence-corrected chi connectivity index (χ0v) is 22.9. The molecule has 2 aliphatic carbocycles. The number of hydrogen-bond acceptors (Lipinski definition) is 7. The third kappa shape index (κ3) is 6.59. The van der Waals surface area contributed by atoms with E-state index in [4.69, 9.17) is 0 Å². The second-order valence-electron chi connectivity index (χ2n) is 11.3. The molecular weight excluding hydrogens is 591 g/mol. The van der Waals surface area contributed by atoms with Crippen LogP contribution in [0.2, 0.25) is 0 Å². The van der Waals surface area contributed by atoms with Crippen LogP contribution in [0.15, 0.2) is 23.1 Å². The standard InChI is InChI=1S/C26H28F7N7O3/c1-14-19(39-43-38-14)21(41)37-20(15-2-4-24(27,28)5-3-15)17-12-40-18(36-17)10-16(11-35-40)23(6-8-25(29,30)9-7-23)22(42)34-13-26(31,32)33/h10-12,15,20H,2-9,13H2,1H3,(H,34,42)(H,37,41)/t20-/m0/s1. The van der Waals surface area contributed by atoms with Gasteiger partial charge in [-0.1, -0.05) is 5.16 Å². The molecule has 3 heterocycles. The van der Waals surface area contributed by atoms with E-state index in [0.29, 0.717) is 0 Å². The van der Waals surface area contributed by atoms with E-state index in [-0.39, 0.29) is 41.1 Å². The quantitative estimate of drug-likeness (QED) is 0.363.